The van der Waals surface area contributed by atoms with Crippen LogP contribution in [0.5, 0.6) is 0 Å². The number of esters is 1. The van der Waals surface area contributed by atoms with Crippen molar-refractivity contribution in [2.24, 2.45) is 5.92 Å². The molecule has 0 amide bonds. The number of carboxylic acids is 1. The van der Waals surface area contributed by atoms with Crippen molar-refractivity contribution in [2.75, 3.05) is 0 Å². The number of hydrogen-bond acceptors (Lipinski definition) is 4. The third-order valence-electron chi connectivity index (χ3n) is 4.05. The second-order valence-electron chi connectivity index (χ2n) is 5.94. The highest BCUT2D eigenvalue weighted by atomic mass is 16.5. The van der Waals surface area contributed by atoms with Crippen LogP contribution in [0, 0.1) is 12.8 Å². The van der Waals surface area contributed by atoms with Gasteiger partial charge in [-0.3, -0.25) is 14.7 Å². The normalized spacial score (nSPS) is 12.0. The Kier molecular flexibility index (Phi) is 4.79. The van der Waals surface area contributed by atoms with Gasteiger partial charge in [0.05, 0.1) is 11.7 Å². The molecular formula is C19H18N2O4. The molecule has 0 saturated heterocycles. The van der Waals surface area contributed by atoms with Gasteiger partial charge in [0.15, 0.2) is 5.92 Å². The first kappa shape index (κ1) is 16.7. The molecule has 0 aliphatic heterocycles. The third-order valence-corrected chi connectivity index (χ3v) is 4.05. The molecule has 3 rings (SSSR count). The van der Waals surface area contributed by atoms with Crippen molar-refractivity contribution in [1.29, 1.82) is 0 Å². The molecule has 0 aliphatic rings. The van der Waals surface area contributed by atoms with Gasteiger partial charge in [-0.05, 0) is 36.1 Å². The molecule has 0 unspecified atom stereocenters. The summed E-state index contributed by atoms with van der Waals surface area (Å²) in [5.41, 5.74) is 3.43. The topological polar surface area (TPSA) is 92.3 Å². The average Bonchev–Trinajstić information content (AvgIpc) is 3.07. The SMILES string of the molecule is Cc1cc(C[C@H](C(=O)O)C(=O)OCc2ccccc2)cc2cn[nH]c12. The summed E-state index contributed by atoms with van der Waals surface area (Å²) >= 11 is 0. The molecule has 0 fully saturated rings. The number of carbonyl (C=O) groups excluding carboxylic acids is 1. The first-order valence-corrected chi connectivity index (χ1v) is 7.90. The van der Waals surface area contributed by atoms with E-state index in [0.29, 0.717) is 0 Å². The zero-order valence-electron chi connectivity index (χ0n) is 13.7. The van der Waals surface area contributed by atoms with Gasteiger partial charge in [-0.2, -0.15) is 5.10 Å². The number of rotatable bonds is 6. The molecule has 2 N–H and O–H groups in total. The Morgan fingerprint density at radius 1 is 1.20 bits per heavy atom. The summed E-state index contributed by atoms with van der Waals surface area (Å²) in [4.78, 5) is 23.8. The van der Waals surface area contributed by atoms with E-state index in [2.05, 4.69) is 10.2 Å². The highest BCUT2D eigenvalue weighted by Crippen LogP contribution is 2.21. The second-order valence-corrected chi connectivity index (χ2v) is 5.94. The molecule has 0 aliphatic carbocycles. The average molecular weight is 338 g/mol. The summed E-state index contributed by atoms with van der Waals surface area (Å²) in [6, 6.07) is 12.9. The van der Waals surface area contributed by atoms with Crippen molar-refractivity contribution in [3.63, 3.8) is 0 Å². The molecule has 0 saturated carbocycles. The first-order chi connectivity index (χ1) is 12.0. The van der Waals surface area contributed by atoms with E-state index >= 15 is 0 Å². The number of fused-ring (bicyclic) bond motifs is 1. The third kappa shape index (κ3) is 3.85. The van der Waals surface area contributed by atoms with Crippen LogP contribution in [-0.2, 0) is 27.4 Å². The fraction of sp³-hybridized carbons (Fsp3) is 0.211. The number of nitrogens with one attached hydrogen (secondary N) is 1. The standard InChI is InChI=1S/C19H18N2O4/c1-12-7-14(8-15-10-20-21-17(12)15)9-16(18(22)23)19(24)25-11-13-5-3-2-4-6-13/h2-8,10,16H,9,11H2,1H3,(H,20,21)(H,22,23)/t16-/m1/s1. The molecule has 0 radical (unpaired) electrons. The van der Waals surface area contributed by atoms with Gasteiger partial charge in [0, 0.05) is 5.39 Å². The molecule has 128 valence electrons. The van der Waals surface area contributed by atoms with Crippen LogP contribution in [0.15, 0.2) is 48.7 Å². The number of H-pyrrole nitrogens is 1. The molecule has 6 heteroatoms. The summed E-state index contributed by atoms with van der Waals surface area (Å²) in [6.07, 6.45) is 1.75. The number of ether oxygens (including phenoxy) is 1. The first-order valence-electron chi connectivity index (χ1n) is 7.90. The van der Waals surface area contributed by atoms with E-state index in [0.717, 1.165) is 27.6 Å². The van der Waals surface area contributed by atoms with Crippen LogP contribution in [0.2, 0.25) is 0 Å². The molecule has 1 aromatic heterocycles. The van der Waals surface area contributed by atoms with Gasteiger partial charge in [0.1, 0.15) is 6.61 Å². The second kappa shape index (κ2) is 7.17. The van der Waals surface area contributed by atoms with E-state index < -0.39 is 17.9 Å². The fourth-order valence-corrected chi connectivity index (χ4v) is 2.77. The number of hydrogen-bond donors (Lipinski definition) is 2. The van der Waals surface area contributed by atoms with Gasteiger partial charge in [-0.15, -0.1) is 0 Å². The molecule has 25 heavy (non-hydrogen) atoms. The smallest absolute Gasteiger partial charge is 0.320 e. The maximum absolute atomic E-state index is 12.2. The number of aromatic nitrogens is 2. The van der Waals surface area contributed by atoms with Crippen molar-refractivity contribution in [2.45, 2.75) is 20.0 Å². The van der Waals surface area contributed by atoms with Gasteiger partial charge in [0.2, 0.25) is 0 Å². The van der Waals surface area contributed by atoms with Gasteiger partial charge < -0.3 is 9.84 Å². The Hall–Kier alpha value is -3.15. The Bertz CT molecular complexity index is 902. The Morgan fingerprint density at radius 3 is 2.68 bits per heavy atom. The lowest BCUT2D eigenvalue weighted by molar-refractivity contribution is -0.159. The van der Waals surface area contributed by atoms with E-state index in [1.165, 1.54) is 0 Å². The molecule has 1 heterocycles. The molecule has 0 spiro atoms. The van der Waals surface area contributed by atoms with E-state index in [1.807, 2.05) is 49.4 Å². The van der Waals surface area contributed by atoms with Gasteiger partial charge in [-0.25, -0.2) is 0 Å². The number of aromatic amines is 1. The van der Waals surface area contributed by atoms with Crippen molar-refractivity contribution in [1.82, 2.24) is 10.2 Å². The molecule has 0 bridgehead atoms. The van der Waals surface area contributed by atoms with Crippen LogP contribution >= 0.6 is 0 Å². The largest absolute Gasteiger partial charge is 0.481 e. The summed E-state index contributed by atoms with van der Waals surface area (Å²) in [6.45, 7) is 1.97. The maximum atomic E-state index is 12.2. The van der Waals surface area contributed by atoms with Crippen molar-refractivity contribution >= 4 is 22.8 Å². The number of aliphatic carboxylic acids is 1. The van der Waals surface area contributed by atoms with Crippen LogP contribution in [0.4, 0.5) is 0 Å². The Morgan fingerprint density at radius 2 is 1.96 bits per heavy atom. The summed E-state index contributed by atoms with van der Waals surface area (Å²) < 4.78 is 5.19. The minimum atomic E-state index is -1.24. The number of benzene rings is 2. The van der Waals surface area contributed by atoms with E-state index in [1.54, 1.807) is 6.20 Å². The van der Waals surface area contributed by atoms with Crippen molar-refractivity contribution < 1.29 is 19.4 Å². The minimum Gasteiger partial charge on any atom is -0.481 e. The zero-order chi connectivity index (χ0) is 17.8. The highest BCUT2D eigenvalue weighted by Gasteiger charge is 2.28. The van der Waals surface area contributed by atoms with Crippen LogP contribution in [0.1, 0.15) is 16.7 Å². The predicted octanol–water partition coefficient (Wildman–Crippen LogP) is 2.86. The molecule has 3 aromatic rings. The number of aryl methyl sites for hydroxylation is 1. The fourth-order valence-electron chi connectivity index (χ4n) is 2.77. The number of nitrogens with zero attached hydrogens (tertiary/aromatic N) is 1. The lowest BCUT2D eigenvalue weighted by Crippen LogP contribution is -2.28. The minimum absolute atomic E-state index is 0.0588. The summed E-state index contributed by atoms with van der Waals surface area (Å²) in [5, 5.41) is 17.2. The Labute approximate surface area is 144 Å². The van der Waals surface area contributed by atoms with Gasteiger partial charge >= 0.3 is 11.9 Å². The monoisotopic (exact) mass is 338 g/mol. The van der Waals surface area contributed by atoms with Crippen LogP contribution in [-0.4, -0.2) is 27.2 Å². The summed E-state index contributed by atoms with van der Waals surface area (Å²) in [7, 11) is 0. The van der Waals surface area contributed by atoms with Gasteiger partial charge in [-0.1, -0.05) is 36.4 Å². The quantitative estimate of drug-likeness (QED) is 0.532. The molecule has 1 atom stereocenters. The number of carbonyl (C=O) groups is 2. The van der Waals surface area contributed by atoms with Crippen LogP contribution in [0.25, 0.3) is 10.9 Å². The van der Waals surface area contributed by atoms with Gasteiger partial charge in [0.25, 0.3) is 0 Å². The highest BCUT2D eigenvalue weighted by molar-refractivity contribution is 5.94. The maximum Gasteiger partial charge on any atom is 0.320 e. The lowest BCUT2D eigenvalue weighted by atomic mass is 9.97. The summed E-state index contributed by atoms with van der Waals surface area (Å²) in [5.74, 6) is -3.17. The van der Waals surface area contributed by atoms with Crippen molar-refractivity contribution in [3.05, 3.63) is 65.4 Å². The molecule has 2 aromatic carbocycles. The zero-order valence-corrected chi connectivity index (χ0v) is 13.7. The Balaban J connectivity index is 1.73. The van der Waals surface area contributed by atoms with Crippen molar-refractivity contribution in [3.8, 4) is 0 Å². The molecular weight excluding hydrogens is 320 g/mol. The van der Waals surface area contributed by atoms with E-state index in [4.69, 9.17) is 4.74 Å². The number of carboxylic acid groups (broad SMARTS) is 1. The predicted molar refractivity (Wildman–Crippen MR) is 91.9 cm³/mol. The van der Waals surface area contributed by atoms with Crippen LogP contribution in [0.3, 0.4) is 0 Å². The van der Waals surface area contributed by atoms with E-state index in [-0.39, 0.29) is 13.0 Å². The van der Waals surface area contributed by atoms with Crippen LogP contribution < -0.4 is 0 Å². The lowest BCUT2D eigenvalue weighted by Gasteiger charge is -2.13. The molecule has 6 nitrogen and oxygen atoms in total. The van der Waals surface area contributed by atoms with E-state index in [9.17, 15) is 14.7 Å².